The number of hydrogen-bond donors (Lipinski definition) is 2. The van der Waals surface area contributed by atoms with Crippen molar-refractivity contribution in [2.24, 2.45) is 0 Å². The molecule has 272 valence electrons. The minimum Gasteiger partial charge on any atom is -0.872 e. The predicted molar refractivity (Wildman–Crippen MR) is 215 cm³/mol. The molecule has 5 aromatic rings. The van der Waals surface area contributed by atoms with Crippen molar-refractivity contribution in [3.8, 4) is 5.75 Å². The van der Waals surface area contributed by atoms with E-state index < -0.39 is 11.2 Å². The van der Waals surface area contributed by atoms with E-state index in [0.29, 0.717) is 13.1 Å². The van der Waals surface area contributed by atoms with Gasteiger partial charge in [-0.1, -0.05) is 160 Å². The van der Waals surface area contributed by atoms with Gasteiger partial charge >= 0.3 is 46.1 Å². The Bertz CT molecular complexity index is 1690. The van der Waals surface area contributed by atoms with E-state index in [1.54, 1.807) is 0 Å². The molecule has 2 N–H and O–H groups in total. The number of likely N-dealkylation sites (tertiary alicyclic amines) is 2. The van der Waals surface area contributed by atoms with E-state index in [-0.39, 0.29) is 76.8 Å². The molecule has 0 aromatic heterocycles. The van der Waals surface area contributed by atoms with Crippen molar-refractivity contribution in [1.29, 1.82) is 0 Å². The number of nitrogens with one attached hydrogen (secondary N) is 2. The second kappa shape index (κ2) is 18.5. The van der Waals surface area contributed by atoms with Gasteiger partial charge in [-0.25, -0.2) is 0 Å². The van der Waals surface area contributed by atoms with Gasteiger partial charge < -0.3 is 32.5 Å². The molecule has 54 heavy (non-hydrogen) atoms. The Morgan fingerprint density at radius 3 is 1.09 bits per heavy atom. The van der Waals surface area contributed by atoms with Crippen LogP contribution < -0.4 is 25.1 Å². The van der Waals surface area contributed by atoms with Crippen molar-refractivity contribution in [3.63, 3.8) is 0 Å². The molecule has 0 spiro atoms. The summed E-state index contributed by atoms with van der Waals surface area (Å²) in [5.41, 5.74) is 2.70. The summed E-state index contributed by atoms with van der Waals surface area (Å²) in [6.07, 6.45) is 3.47. The van der Waals surface area contributed by atoms with Crippen LogP contribution in [0.25, 0.3) is 0 Å². The molecule has 5 nitrogen and oxygen atoms in total. The van der Waals surface area contributed by atoms with Crippen LogP contribution in [0.5, 0.6) is 5.75 Å². The van der Waals surface area contributed by atoms with Crippen molar-refractivity contribution in [2.75, 3.05) is 13.1 Å². The van der Waals surface area contributed by atoms with Gasteiger partial charge in [0.05, 0.1) is 25.2 Å². The van der Waals surface area contributed by atoms with Crippen LogP contribution in [0.3, 0.4) is 0 Å². The molecule has 0 aliphatic carbocycles. The Labute approximate surface area is 355 Å². The maximum Gasteiger partial charge on any atom is 2.00 e. The van der Waals surface area contributed by atoms with Crippen molar-refractivity contribution >= 4 is 46.1 Å². The molecular formula is C47H54Mg2N2O3+2. The van der Waals surface area contributed by atoms with Gasteiger partial charge in [0.15, 0.2) is 0 Å². The zero-order chi connectivity index (χ0) is 35.6. The zero-order valence-corrected chi connectivity index (χ0v) is 35.5. The second-order valence-corrected chi connectivity index (χ2v) is 15.9. The Balaban J connectivity index is 0.00000217. The van der Waals surface area contributed by atoms with Gasteiger partial charge in [0.1, 0.15) is 13.1 Å². The summed E-state index contributed by atoms with van der Waals surface area (Å²) < 4.78 is 0. The van der Waals surface area contributed by atoms with Crippen LogP contribution in [-0.2, 0) is 29.7 Å². The monoisotopic (exact) mass is 742 g/mol. The number of quaternary nitrogens is 2. The van der Waals surface area contributed by atoms with Gasteiger partial charge in [-0.15, -0.1) is 0 Å². The first-order valence-electron chi connectivity index (χ1n) is 18.8. The van der Waals surface area contributed by atoms with Crippen LogP contribution >= 0.6 is 0 Å². The van der Waals surface area contributed by atoms with Crippen LogP contribution in [0.4, 0.5) is 0 Å². The maximum absolute atomic E-state index is 15.3. The van der Waals surface area contributed by atoms with Gasteiger partial charge in [0.2, 0.25) is 0 Å². The average molecular weight is 744 g/mol. The Hall–Kier alpha value is -2.73. The van der Waals surface area contributed by atoms with E-state index in [1.807, 2.05) is 121 Å². The predicted octanol–water partition coefficient (Wildman–Crippen LogP) is 3.45. The molecule has 0 amide bonds. The fraction of sp³-hybridized carbons (Fsp3) is 0.340. The first-order chi connectivity index (χ1) is 24.6. The molecule has 4 unspecified atom stereocenters. The molecule has 7 rings (SSSR count). The minimum absolute atomic E-state index is 0. The Kier molecular flexibility index (Phi) is 15.1. The third-order valence-electron chi connectivity index (χ3n) is 11.7. The van der Waals surface area contributed by atoms with Gasteiger partial charge in [-0.05, 0) is 55.6 Å². The summed E-state index contributed by atoms with van der Waals surface area (Å²) in [5.74, 6) is 0.0612. The molecule has 2 aliphatic rings. The quantitative estimate of drug-likeness (QED) is 0.170. The summed E-state index contributed by atoms with van der Waals surface area (Å²) in [7, 11) is 0. The fourth-order valence-corrected chi connectivity index (χ4v) is 9.05. The van der Waals surface area contributed by atoms with Crippen LogP contribution in [0.15, 0.2) is 133 Å². The molecule has 2 heterocycles. The molecule has 4 atom stereocenters. The van der Waals surface area contributed by atoms with Gasteiger partial charge in [0, 0.05) is 25.7 Å². The largest absolute Gasteiger partial charge is 2.00 e. The normalized spacial score (nSPS) is 20.0. The van der Waals surface area contributed by atoms with Crippen LogP contribution in [0, 0.1) is 7.43 Å². The van der Waals surface area contributed by atoms with Crippen molar-refractivity contribution in [3.05, 3.63) is 180 Å². The molecule has 2 saturated heterocycles. The average Bonchev–Trinajstić information content (AvgIpc) is 3.84. The summed E-state index contributed by atoms with van der Waals surface area (Å²) in [4.78, 5) is 2.34. The Morgan fingerprint density at radius 1 is 0.519 bits per heavy atom. The third kappa shape index (κ3) is 8.64. The van der Waals surface area contributed by atoms with Crippen LogP contribution in [0.1, 0.15) is 85.4 Å². The molecule has 2 aliphatic heterocycles. The van der Waals surface area contributed by atoms with E-state index in [0.717, 1.165) is 77.7 Å². The summed E-state index contributed by atoms with van der Waals surface area (Å²) in [6.45, 7) is 9.27. The minimum atomic E-state index is -1.44. The number of hydrogen-bond acceptors (Lipinski definition) is 3. The number of benzene rings is 5. The van der Waals surface area contributed by atoms with Gasteiger partial charge in [0.25, 0.3) is 0 Å². The Morgan fingerprint density at radius 2 is 0.815 bits per heavy atom. The summed E-state index contributed by atoms with van der Waals surface area (Å²) in [5, 5.41) is 45.3. The fourth-order valence-electron chi connectivity index (χ4n) is 9.05. The van der Waals surface area contributed by atoms with Gasteiger partial charge in [-0.3, -0.25) is 0 Å². The second-order valence-electron chi connectivity index (χ2n) is 15.9. The smallest absolute Gasteiger partial charge is 0.872 e. The molecule has 0 saturated carbocycles. The van der Waals surface area contributed by atoms with Crippen molar-refractivity contribution in [1.82, 2.24) is 0 Å². The third-order valence-corrected chi connectivity index (χ3v) is 11.7. The summed E-state index contributed by atoms with van der Waals surface area (Å²) in [6, 6.07) is 42.9. The van der Waals surface area contributed by atoms with Crippen LogP contribution in [0.2, 0.25) is 0 Å². The summed E-state index contributed by atoms with van der Waals surface area (Å²) >= 11 is 0. The van der Waals surface area contributed by atoms with Crippen molar-refractivity contribution < 1.29 is 25.1 Å². The van der Waals surface area contributed by atoms with Crippen molar-refractivity contribution in [2.45, 2.75) is 88.2 Å². The molecule has 0 radical (unpaired) electrons. The topological polar surface area (TPSA) is 78.1 Å². The molecule has 0 bridgehead atoms. The van der Waals surface area contributed by atoms with E-state index >= 15 is 10.2 Å². The van der Waals surface area contributed by atoms with E-state index in [9.17, 15) is 5.11 Å². The van der Waals surface area contributed by atoms with E-state index in [2.05, 4.69) is 32.9 Å². The first-order valence-corrected chi connectivity index (χ1v) is 18.8. The molecule has 5 aromatic carbocycles. The molecule has 2 fully saturated rings. The van der Waals surface area contributed by atoms with E-state index in [1.165, 1.54) is 9.80 Å². The van der Waals surface area contributed by atoms with Gasteiger partial charge in [-0.2, -0.15) is 0 Å². The maximum atomic E-state index is 15.3. The zero-order valence-electron chi connectivity index (χ0n) is 32.7. The molecular weight excluding hydrogens is 689 g/mol. The SMILES string of the molecule is CC(C)(C)c1cc(C[NH+]2CCCC2C([O-])(c2ccccc2)c2ccccc2)c([O-])c(C[NH+]2CCCC2C([O-])(c2ccccc2)c2ccccc2)c1.[CH3-].[Mg+2].[Mg+2]. The standard InChI is InChI=1S/C46H50N2O3.CH3.2Mg/c1-44(2,3)40-30-34(32-47-28-16-26-41(47)45(50,36-18-8-4-9-19-36)37-20-10-5-11-21-37)43(49)35(31-40)33-48-29-17-27-42(48)46(51,38-22-12-6-13-23-38)39-24-14-7-15-25-39;;;/h4-15,18-25,30-31,41-42,49H,16-17,26-29,32-33H2,1-3H3;1H3;;/q-2;-1;2*+2/p+1. The first kappa shape index (κ1) is 44.0. The van der Waals surface area contributed by atoms with E-state index in [4.69, 9.17) is 0 Å². The van der Waals surface area contributed by atoms with Crippen LogP contribution in [-0.4, -0.2) is 71.3 Å². The molecule has 7 heteroatoms. The number of rotatable bonds is 10.